The van der Waals surface area contributed by atoms with Crippen LogP contribution in [0, 0.1) is 22.7 Å². The highest BCUT2D eigenvalue weighted by Gasteiger charge is 2.29. The molecule has 0 aliphatic rings. The second-order valence-corrected chi connectivity index (χ2v) is 6.68. The van der Waals surface area contributed by atoms with E-state index >= 15 is 0 Å². The Morgan fingerprint density at radius 1 is 1.25 bits per heavy atom. The lowest BCUT2D eigenvalue weighted by atomic mass is 9.80. The molecular weight excluding hydrogens is 354 g/mol. The molecule has 2 heterocycles. The van der Waals surface area contributed by atoms with Crippen LogP contribution in [0.1, 0.15) is 36.6 Å². The Kier molecular flexibility index (Phi) is 5.10. The van der Waals surface area contributed by atoms with E-state index < -0.39 is 5.41 Å². The first-order chi connectivity index (χ1) is 13.5. The van der Waals surface area contributed by atoms with Gasteiger partial charge in [0.05, 0.1) is 24.1 Å². The van der Waals surface area contributed by atoms with Gasteiger partial charge in [0.25, 0.3) is 0 Å². The van der Waals surface area contributed by atoms with Crippen molar-refractivity contribution < 1.29 is 9.53 Å². The standard InChI is InChI=1S/C21H19N5O2/c1-4-17-7-14-5-6-15(8-18(14)26(17)13-27)21(2,12-23)10-19-24-16(11-22)9-20(25-19)28-3/h5-9,13H,4,10H2,1-3H3/t21-/m0/s1. The van der Waals surface area contributed by atoms with Crippen LogP contribution in [0.5, 0.6) is 5.88 Å². The highest BCUT2D eigenvalue weighted by molar-refractivity contribution is 5.87. The summed E-state index contributed by atoms with van der Waals surface area (Å²) < 4.78 is 6.73. The Morgan fingerprint density at radius 3 is 2.64 bits per heavy atom. The summed E-state index contributed by atoms with van der Waals surface area (Å²) in [5.74, 6) is 0.625. The predicted octanol–water partition coefficient (Wildman–Crippen LogP) is 2.94. The first-order valence-corrected chi connectivity index (χ1v) is 8.81. The van der Waals surface area contributed by atoms with E-state index in [0.717, 1.165) is 35.0 Å². The number of methoxy groups -OCH3 is 1. The van der Waals surface area contributed by atoms with Crippen molar-refractivity contribution in [2.45, 2.75) is 32.1 Å². The molecule has 0 aliphatic heterocycles. The van der Waals surface area contributed by atoms with Crippen molar-refractivity contribution >= 4 is 17.3 Å². The fraction of sp³-hybridized carbons (Fsp3) is 0.286. The number of rotatable bonds is 6. The highest BCUT2D eigenvalue weighted by Crippen LogP contribution is 2.31. The van der Waals surface area contributed by atoms with Crippen LogP contribution in [0.15, 0.2) is 30.3 Å². The molecule has 2 aromatic heterocycles. The van der Waals surface area contributed by atoms with E-state index in [0.29, 0.717) is 5.82 Å². The SMILES string of the molecule is CCc1cc2ccc([C@](C)(C#N)Cc3nc(C#N)cc(OC)n3)cc2n1C=O. The van der Waals surface area contributed by atoms with E-state index in [1.807, 2.05) is 37.3 Å². The fourth-order valence-corrected chi connectivity index (χ4v) is 3.25. The van der Waals surface area contributed by atoms with Crippen molar-refractivity contribution in [1.82, 2.24) is 14.5 Å². The summed E-state index contributed by atoms with van der Waals surface area (Å²) in [5, 5.41) is 20.0. The van der Waals surface area contributed by atoms with Crippen molar-refractivity contribution in [3.8, 4) is 18.0 Å². The lowest BCUT2D eigenvalue weighted by Crippen LogP contribution is -2.24. The average Bonchev–Trinajstić information content (AvgIpc) is 3.10. The van der Waals surface area contributed by atoms with E-state index in [2.05, 4.69) is 16.0 Å². The minimum Gasteiger partial charge on any atom is -0.481 e. The molecule has 28 heavy (non-hydrogen) atoms. The van der Waals surface area contributed by atoms with Crippen molar-refractivity contribution in [3.05, 3.63) is 53.1 Å². The van der Waals surface area contributed by atoms with E-state index in [-0.39, 0.29) is 18.0 Å². The van der Waals surface area contributed by atoms with Crippen molar-refractivity contribution in [3.63, 3.8) is 0 Å². The quantitative estimate of drug-likeness (QED) is 0.615. The first kappa shape index (κ1) is 19.1. The van der Waals surface area contributed by atoms with Gasteiger partial charge in [-0.05, 0) is 31.0 Å². The number of aryl methyl sites for hydroxylation is 1. The number of benzene rings is 1. The van der Waals surface area contributed by atoms with Crippen LogP contribution in [0.4, 0.5) is 0 Å². The number of carbonyl (C=O) groups excluding carboxylic acids is 1. The Balaban J connectivity index is 2.08. The molecule has 0 amide bonds. The van der Waals surface area contributed by atoms with Crippen LogP contribution < -0.4 is 4.74 Å². The zero-order valence-electron chi connectivity index (χ0n) is 15.9. The minimum absolute atomic E-state index is 0.181. The third-order valence-electron chi connectivity index (χ3n) is 4.86. The lowest BCUT2D eigenvalue weighted by molar-refractivity contribution is 0.393. The largest absolute Gasteiger partial charge is 0.481 e. The zero-order chi connectivity index (χ0) is 20.3. The molecule has 7 nitrogen and oxygen atoms in total. The monoisotopic (exact) mass is 373 g/mol. The van der Waals surface area contributed by atoms with Gasteiger partial charge in [-0.2, -0.15) is 15.5 Å². The molecule has 3 rings (SSSR count). The lowest BCUT2D eigenvalue weighted by Gasteiger charge is -2.22. The topological polar surface area (TPSA) is 105 Å². The summed E-state index contributed by atoms with van der Waals surface area (Å²) in [6.45, 7) is 3.78. The molecule has 0 aliphatic carbocycles. The van der Waals surface area contributed by atoms with Crippen LogP contribution in [0.25, 0.3) is 10.9 Å². The number of hydrogen-bond donors (Lipinski definition) is 0. The summed E-state index contributed by atoms with van der Waals surface area (Å²) in [4.78, 5) is 20.0. The predicted molar refractivity (Wildman–Crippen MR) is 103 cm³/mol. The van der Waals surface area contributed by atoms with E-state index in [9.17, 15) is 10.1 Å². The van der Waals surface area contributed by atoms with Gasteiger partial charge in [0, 0.05) is 23.6 Å². The van der Waals surface area contributed by atoms with E-state index in [4.69, 9.17) is 10.00 Å². The second-order valence-electron chi connectivity index (χ2n) is 6.68. The summed E-state index contributed by atoms with van der Waals surface area (Å²) in [6, 6.07) is 13.4. The molecule has 0 saturated heterocycles. The van der Waals surface area contributed by atoms with Gasteiger partial charge in [-0.3, -0.25) is 9.36 Å². The second kappa shape index (κ2) is 7.50. The van der Waals surface area contributed by atoms with Gasteiger partial charge in [0.15, 0.2) is 0 Å². The molecule has 0 fully saturated rings. The minimum atomic E-state index is -0.947. The Hall–Kier alpha value is -3.71. The molecule has 1 atom stereocenters. The number of ether oxygens (including phenoxy) is 1. The number of aromatic nitrogens is 3. The molecule has 1 aromatic carbocycles. The van der Waals surface area contributed by atoms with Crippen LogP contribution >= 0.6 is 0 Å². The van der Waals surface area contributed by atoms with Gasteiger partial charge in [0.2, 0.25) is 12.3 Å². The molecule has 140 valence electrons. The summed E-state index contributed by atoms with van der Waals surface area (Å²) in [6.07, 6.45) is 1.72. The molecule has 0 bridgehead atoms. The highest BCUT2D eigenvalue weighted by atomic mass is 16.5. The third kappa shape index (κ3) is 3.30. The summed E-state index contributed by atoms with van der Waals surface area (Å²) in [5.41, 5.74) is 1.65. The van der Waals surface area contributed by atoms with Crippen molar-refractivity contribution in [1.29, 1.82) is 10.5 Å². The third-order valence-corrected chi connectivity index (χ3v) is 4.86. The van der Waals surface area contributed by atoms with Gasteiger partial charge >= 0.3 is 0 Å². The first-order valence-electron chi connectivity index (χ1n) is 8.81. The van der Waals surface area contributed by atoms with Crippen molar-refractivity contribution in [2.75, 3.05) is 7.11 Å². The zero-order valence-corrected chi connectivity index (χ0v) is 15.9. The Labute approximate surface area is 162 Å². The van der Waals surface area contributed by atoms with Gasteiger partial charge in [0.1, 0.15) is 17.6 Å². The van der Waals surface area contributed by atoms with Crippen LogP contribution in [-0.4, -0.2) is 28.1 Å². The molecular formula is C21H19N5O2. The number of nitrogens with zero attached hydrogens (tertiary/aromatic N) is 5. The Morgan fingerprint density at radius 2 is 2.04 bits per heavy atom. The smallest absolute Gasteiger partial charge is 0.218 e. The normalized spacial score (nSPS) is 12.8. The van der Waals surface area contributed by atoms with Crippen LogP contribution in [0.2, 0.25) is 0 Å². The molecule has 0 N–H and O–H groups in total. The molecule has 0 radical (unpaired) electrons. The Bertz CT molecular complexity index is 1140. The number of hydrogen-bond acceptors (Lipinski definition) is 6. The number of fused-ring (bicyclic) bond motifs is 1. The number of carbonyl (C=O) groups is 1. The summed E-state index contributed by atoms with van der Waals surface area (Å²) in [7, 11) is 1.46. The maximum atomic E-state index is 11.6. The van der Waals surface area contributed by atoms with Crippen LogP contribution in [0.3, 0.4) is 0 Å². The number of nitriles is 2. The van der Waals surface area contributed by atoms with E-state index in [1.165, 1.54) is 13.2 Å². The molecule has 0 unspecified atom stereocenters. The molecule has 3 aromatic rings. The van der Waals surface area contributed by atoms with E-state index in [1.54, 1.807) is 11.5 Å². The van der Waals surface area contributed by atoms with Crippen molar-refractivity contribution in [2.24, 2.45) is 0 Å². The fourth-order valence-electron chi connectivity index (χ4n) is 3.25. The maximum Gasteiger partial charge on any atom is 0.218 e. The molecule has 0 saturated carbocycles. The van der Waals surface area contributed by atoms with Gasteiger partial charge < -0.3 is 4.74 Å². The van der Waals surface area contributed by atoms with Gasteiger partial charge in [-0.1, -0.05) is 19.1 Å². The summed E-state index contributed by atoms with van der Waals surface area (Å²) >= 11 is 0. The average molecular weight is 373 g/mol. The van der Waals surface area contributed by atoms with Crippen LogP contribution in [-0.2, 0) is 23.1 Å². The maximum absolute atomic E-state index is 11.6. The molecule has 0 spiro atoms. The van der Waals surface area contributed by atoms with Gasteiger partial charge in [-0.25, -0.2) is 4.98 Å². The molecule has 7 heteroatoms. The van der Waals surface area contributed by atoms with Gasteiger partial charge in [-0.15, -0.1) is 0 Å².